The first-order valence-corrected chi connectivity index (χ1v) is 4.07. The normalized spacial score (nSPS) is 10.4. The minimum Gasteiger partial charge on any atom is -0.270 e. The Kier molecular flexibility index (Phi) is 1.65. The maximum Gasteiger partial charge on any atom is 0.108 e. The van der Waals surface area contributed by atoms with E-state index in [1.165, 1.54) is 0 Å². The predicted octanol–water partition coefficient (Wildman–Crippen LogP) is 2.72. The molecule has 0 bridgehead atoms. The molecule has 0 amide bonds. The Hall–Kier alpha value is -1.23. The molecule has 0 saturated carbocycles. The summed E-state index contributed by atoms with van der Waals surface area (Å²) in [5, 5.41) is 10.4. The number of aromatic nitrogens is 2. The Morgan fingerprint density at radius 1 is 1.50 bits per heavy atom. The summed E-state index contributed by atoms with van der Waals surface area (Å²) in [5.74, 6) is 0. The van der Waals surface area contributed by atoms with E-state index in [0.717, 1.165) is 15.5 Å². The van der Waals surface area contributed by atoms with Crippen LogP contribution in [0.5, 0.6) is 0 Å². The van der Waals surface area contributed by atoms with E-state index in [1.54, 1.807) is 18.2 Å². The molecule has 0 aliphatic carbocycles. The van der Waals surface area contributed by atoms with Crippen molar-refractivity contribution in [3.63, 3.8) is 0 Å². The van der Waals surface area contributed by atoms with Crippen molar-refractivity contribution in [3.8, 4) is 0 Å². The zero-order valence-electron chi connectivity index (χ0n) is 5.91. The third kappa shape index (κ3) is 1.02. The first kappa shape index (κ1) is 7.42. The summed E-state index contributed by atoms with van der Waals surface area (Å²) in [6, 6.07) is 5.05. The van der Waals surface area contributed by atoms with Gasteiger partial charge in [-0.1, -0.05) is 0 Å². The Balaban J connectivity index is 2.79. The first-order valence-electron chi connectivity index (χ1n) is 3.28. The highest BCUT2D eigenvalue weighted by Crippen LogP contribution is 2.25. The van der Waals surface area contributed by atoms with Gasteiger partial charge in [0.2, 0.25) is 0 Å². The van der Waals surface area contributed by atoms with Gasteiger partial charge in [-0.3, -0.25) is 5.10 Å². The molecule has 4 nitrogen and oxygen atoms in total. The maximum absolute atomic E-state index is 10.2. The second kappa shape index (κ2) is 2.67. The van der Waals surface area contributed by atoms with E-state index in [2.05, 4.69) is 31.3 Å². The monoisotopic (exact) mass is 225 g/mol. The number of aromatic amines is 1. The summed E-state index contributed by atoms with van der Waals surface area (Å²) in [5.41, 5.74) is 1.22. The molecule has 5 heteroatoms. The van der Waals surface area contributed by atoms with Gasteiger partial charge in [-0.2, -0.15) is 5.10 Å². The van der Waals surface area contributed by atoms with E-state index in [4.69, 9.17) is 0 Å². The molecular formula is C7H4BrN3O. The van der Waals surface area contributed by atoms with Crippen LogP contribution in [0, 0.1) is 4.91 Å². The number of nitrogens with one attached hydrogen (secondary N) is 1. The van der Waals surface area contributed by atoms with Gasteiger partial charge >= 0.3 is 0 Å². The van der Waals surface area contributed by atoms with Crippen molar-refractivity contribution in [1.29, 1.82) is 0 Å². The number of halogens is 1. The standard InChI is InChI=1S/C7H4BrN3O/c8-7-5-3-4(11-12)1-2-6(5)9-10-7/h1-3H,(H,9,10). The molecule has 0 aliphatic heterocycles. The second-order valence-electron chi connectivity index (χ2n) is 2.33. The second-order valence-corrected chi connectivity index (χ2v) is 3.12. The van der Waals surface area contributed by atoms with Crippen molar-refractivity contribution < 1.29 is 0 Å². The summed E-state index contributed by atoms with van der Waals surface area (Å²) in [4.78, 5) is 10.2. The van der Waals surface area contributed by atoms with Crippen LogP contribution in [0.2, 0.25) is 0 Å². The van der Waals surface area contributed by atoms with Gasteiger partial charge in [0.05, 0.1) is 5.52 Å². The molecular weight excluding hydrogens is 222 g/mol. The fraction of sp³-hybridized carbons (Fsp3) is 0. The zero-order valence-corrected chi connectivity index (χ0v) is 7.50. The Bertz CT molecular complexity index is 437. The highest BCUT2D eigenvalue weighted by Gasteiger charge is 2.02. The largest absolute Gasteiger partial charge is 0.270 e. The van der Waals surface area contributed by atoms with Crippen molar-refractivity contribution in [1.82, 2.24) is 10.2 Å². The predicted molar refractivity (Wildman–Crippen MR) is 49.2 cm³/mol. The lowest BCUT2D eigenvalue weighted by Crippen LogP contribution is -1.66. The molecule has 12 heavy (non-hydrogen) atoms. The van der Waals surface area contributed by atoms with E-state index >= 15 is 0 Å². The fourth-order valence-corrected chi connectivity index (χ4v) is 1.43. The van der Waals surface area contributed by atoms with Gasteiger partial charge in [-0.15, -0.1) is 4.91 Å². The quantitative estimate of drug-likeness (QED) is 0.760. The van der Waals surface area contributed by atoms with Crippen LogP contribution in [0.1, 0.15) is 0 Å². The van der Waals surface area contributed by atoms with E-state index in [0.29, 0.717) is 5.69 Å². The van der Waals surface area contributed by atoms with Crippen LogP contribution in [-0.2, 0) is 0 Å². The van der Waals surface area contributed by atoms with E-state index < -0.39 is 0 Å². The summed E-state index contributed by atoms with van der Waals surface area (Å²) >= 11 is 3.27. The molecule has 1 aromatic heterocycles. The van der Waals surface area contributed by atoms with Crippen molar-refractivity contribution in [2.24, 2.45) is 5.18 Å². The van der Waals surface area contributed by atoms with Gasteiger partial charge in [-0.25, -0.2) is 0 Å². The molecule has 0 fully saturated rings. The number of benzene rings is 1. The first-order chi connectivity index (χ1) is 5.81. The Morgan fingerprint density at radius 3 is 3.08 bits per heavy atom. The van der Waals surface area contributed by atoms with Gasteiger partial charge < -0.3 is 0 Å². The van der Waals surface area contributed by atoms with E-state index in [9.17, 15) is 4.91 Å². The average molecular weight is 226 g/mol. The summed E-state index contributed by atoms with van der Waals surface area (Å²) in [7, 11) is 0. The lowest BCUT2D eigenvalue weighted by molar-refractivity contribution is 1.10. The molecule has 2 rings (SSSR count). The van der Waals surface area contributed by atoms with Gasteiger partial charge in [-0.05, 0) is 39.3 Å². The number of nitrogens with zero attached hydrogens (tertiary/aromatic N) is 2. The van der Waals surface area contributed by atoms with Gasteiger partial charge in [0.1, 0.15) is 10.3 Å². The number of H-pyrrole nitrogens is 1. The Labute approximate surface area is 76.1 Å². The molecule has 2 aromatic rings. The highest BCUT2D eigenvalue weighted by atomic mass is 79.9. The molecule has 60 valence electrons. The zero-order chi connectivity index (χ0) is 8.55. The molecule has 0 unspecified atom stereocenters. The molecule has 1 N–H and O–H groups in total. The SMILES string of the molecule is O=Nc1ccc2n[nH]c(Br)c2c1. The van der Waals surface area contributed by atoms with Crippen LogP contribution in [0.15, 0.2) is 28.0 Å². The van der Waals surface area contributed by atoms with E-state index in [1.807, 2.05) is 0 Å². The molecule has 0 spiro atoms. The summed E-state index contributed by atoms with van der Waals surface area (Å²) in [6.45, 7) is 0. The van der Waals surface area contributed by atoms with Crippen LogP contribution >= 0.6 is 15.9 Å². The number of hydrogen-bond donors (Lipinski definition) is 1. The van der Waals surface area contributed by atoms with Crippen molar-refractivity contribution in [3.05, 3.63) is 27.7 Å². The molecule has 0 aliphatic rings. The lowest BCUT2D eigenvalue weighted by Gasteiger charge is -1.88. The highest BCUT2D eigenvalue weighted by molar-refractivity contribution is 9.10. The topological polar surface area (TPSA) is 58.1 Å². The summed E-state index contributed by atoms with van der Waals surface area (Å²) < 4.78 is 0.767. The number of fused-ring (bicyclic) bond motifs is 1. The smallest absolute Gasteiger partial charge is 0.108 e. The average Bonchev–Trinajstić information content (AvgIpc) is 2.47. The van der Waals surface area contributed by atoms with Gasteiger partial charge in [0, 0.05) is 5.39 Å². The van der Waals surface area contributed by atoms with Crippen LogP contribution in [-0.4, -0.2) is 10.2 Å². The van der Waals surface area contributed by atoms with Crippen LogP contribution in [0.3, 0.4) is 0 Å². The third-order valence-electron chi connectivity index (χ3n) is 1.60. The Morgan fingerprint density at radius 2 is 2.33 bits per heavy atom. The van der Waals surface area contributed by atoms with Crippen molar-refractivity contribution in [2.45, 2.75) is 0 Å². The van der Waals surface area contributed by atoms with Crippen LogP contribution < -0.4 is 0 Å². The number of rotatable bonds is 1. The maximum atomic E-state index is 10.2. The summed E-state index contributed by atoms with van der Waals surface area (Å²) in [6.07, 6.45) is 0. The lowest BCUT2D eigenvalue weighted by atomic mass is 10.2. The van der Waals surface area contributed by atoms with Crippen molar-refractivity contribution in [2.75, 3.05) is 0 Å². The number of nitroso groups, excluding NO2 is 1. The molecule has 1 aromatic carbocycles. The van der Waals surface area contributed by atoms with Crippen LogP contribution in [0.4, 0.5) is 5.69 Å². The van der Waals surface area contributed by atoms with Crippen LogP contribution in [0.25, 0.3) is 10.9 Å². The molecule has 0 radical (unpaired) electrons. The van der Waals surface area contributed by atoms with E-state index in [-0.39, 0.29) is 0 Å². The molecule has 0 saturated heterocycles. The van der Waals surface area contributed by atoms with Crippen molar-refractivity contribution >= 4 is 32.5 Å². The fourth-order valence-electron chi connectivity index (χ4n) is 1.02. The van der Waals surface area contributed by atoms with Gasteiger partial charge in [0.15, 0.2) is 0 Å². The minimum absolute atomic E-state index is 0.407. The number of hydrogen-bond acceptors (Lipinski definition) is 3. The molecule has 0 atom stereocenters. The minimum atomic E-state index is 0.407. The van der Waals surface area contributed by atoms with Gasteiger partial charge in [0.25, 0.3) is 0 Å². The third-order valence-corrected chi connectivity index (χ3v) is 2.20. The molecule has 1 heterocycles.